The second-order valence-corrected chi connectivity index (χ2v) is 4.90. The summed E-state index contributed by atoms with van der Waals surface area (Å²) >= 11 is 5.14. The zero-order chi connectivity index (χ0) is 15.8. The molecule has 2 rings (SSSR count). The van der Waals surface area contributed by atoms with Crippen molar-refractivity contribution in [1.82, 2.24) is 10.7 Å². The van der Waals surface area contributed by atoms with E-state index in [1.54, 1.807) is 37.6 Å². The van der Waals surface area contributed by atoms with E-state index < -0.39 is 0 Å². The summed E-state index contributed by atoms with van der Waals surface area (Å²) in [6.45, 7) is 0.602. The van der Waals surface area contributed by atoms with E-state index in [0.717, 1.165) is 16.9 Å². The minimum Gasteiger partial charge on any atom is -0.508 e. The van der Waals surface area contributed by atoms with E-state index in [4.69, 9.17) is 17.0 Å². The van der Waals surface area contributed by atoms with Crippen LogP contribution in [0.2, 0.25) is 0 Å². The Kier molecular flexibility index (Phi) is 5.73. The van der Waals surface area contributed by atoms with Crippen LogP contribution in [0, 0.1) is 0 Å². The standard InChI is InChI=1S/C16H17N3O2S/c1-21-15-8-4-12(5-9-15)10-17-16(22)19-18-11-13-2-6-14(20)7-3-13/h2-9,11,20H,10H2,1H3,(H2,17,19,22)/b18-11-. The van der Waals surface area contributed by atoms with Gasteiger partial charge in [0.15, 0.2) is 5.11 Å². The molecule has 2 aromatic rings. The first-order chi connectivity index (χ1) is 10.7. The molecule has 0 amide bonds. The van der Waals surface area contributed by atoms with Gasteiger partial charge in [0.05, 0.1) is 13.3 Å². The second kappa shape index (κ2) is 7.99. The fourth-order valence-electron chi connectivity index (χ4n) is 1.69. The quantitative estimate of drug-likeness (QED) is 0.449. The van der Waals surface area contributed by atoms with Crippen LogP contribution in [0.5, 0.6) is 11.5 Å². The maximum absolute atomic E-state index is 9.18. The van der Waals surface area contributed by atoms with Gasteiger partial charge in [-0.1, -0.05) is 12.1 Å². The zero-order valence-corrected chi connectivity index (χ0v) is 12.9. The lowest BCUT2D eigenvalue weighted by Crippen LogP contribution is -2.31. The molecule has 0 aliphatic rings. The van der Waals surface area contributed by atoms with Gasteiger partial charge in [-0.25, -0.2) is 0 Å². The van der Waals surface area contributed by atoms with E-state index in [9.17, 15) is 5.11 Å². The van der Waals surface area contributed by atoms with E-state index in [-0.39, 0.29) is 5.75 Å². The number of thiocarbonyl (C=S) groups is 1. The highest BCUT2D eigenvalue weighted by atomic mass is 32.1. The third kappa shape index (κ3) is 5.06. The van der Waals surface area contributed by atoms with Crippen LogP contribution in [-0.2, 0) is 6.54 Å². The number of phenolic OH excluding ortho intramolecular Hbond substituents is 1. The highest BCUT2D eigenvalue weighted by molar-refractivity contribution is 7.80. The molecule has 0 bridgehead atoms. The molecular weight excluding hydrogens is 298 g/mol. The fraction of sp³-hybridized carbons (Fsp3) is 0.125. The molecule has 0 saturated heterocycles. The summed E-state index contributed by atoms with van der Waals surface area (Å²) in [6, 6.07) is 14.4. The Bertz CT molecular complexity index is 639. The summed E-state index contributed by atoms with van der Waals surface area (Å²) in [7, 11) is 1.64. The number of hydrogen-bond donors (Lipinski definition) is 3. The lowest BCUT2D eigenvalue weighted by Gasteiger charge is -2.07. The third-order valence-corrected chi connectivity index (χ3v) is 3.12. The molecule has 0 saturated carbocycles. The van der Waals surface area contributed by atoms with Crippen LogP contribution in [0.3, 0.4) is 0 Å². The molecule has 0 atom stereocenters. The second-order valence-electron chi connectivity index (χ2n) is 4.49. The number of nitrogens with one attached hydrogen (secondary N) is 2. The highest BCUT2D eigenvalue weighted by Gasteiger charge is 1.96. The molecule has 22 heavy (non-hydrogen) atoms. The summed E-state index contributed by atoms with van der Waals surface area (Å²) in [5.41, 5.74) is 4.70. The van der Waals surface area contributed by atoms with Gasteiger partial charge in [0, 0.05) is 6.54 Å². The Balaban J connectivity index is 1.76. The zero-order valence-electron chi connectivity index (χ0n) is 12.1. The summed E-state index contributed by atoms with van der Waals surface area (Å²) < 4.78 is 5.10. The van der Waals surface area contributed by atoms with Crippen LogP contribution < -0.4 is 15.5 Å². The van der Waals surface area contributed by atoms with Gasteiger partial charge in [0.2, 0.25) is 0 Å². The van der Waals surface area contributed by atoms with Gasteiger partial charge < -0.3 is 15.2 Å². The molecule has 2 aromatic carbocycles. The van der Waals surface area contributed by atoms with E-state index in [1.807, 2.05) is 24.3 Å². The van der Waals surface area contributed by atoms with Crippen molar-refractivity contribution in [3.8, 4) is 11.5 Å². The van der Waals surface area contributed by atoms with Crippen molar-refractivity contribution in [3.05, 3.63) is 59.7 Å². The molecule has 0 radical (unpaired) electrons. The van der Waals surface area contributed by atoms with E-state index in [1.165, 1.54) is 0 Å². The predicted molar refractivity (Wildman–Crippen MR) is 91.3 cm³/mol. The van der Waals surface area contributed by atoms with Gasteiger partial charge in [0.1, 0.15) is 11.5 Å². The van der Waals surface area contributed by atoms with Gasteiger partial charge in [-0.2, -0.15) is 5.10 Å². The Morgan fingerprint density at radius 1 is 1.18 bits per heavy atom. The molecule has 3 N–H and O–H groups in total. The van der Waals surface area contributed by atoms with Crippen LogP contribution >= 0.6 is 12.2 Å². The average molecular weight is 315 g/mol. The molecule has 0 heterocycles. The van der Waals surface area contributed by atoms with Crippen molar-refractivity contribution in [2.75, 3.05) is 7.11 Å². The number of hydrazone groups is 1. The molecule has 114 valence electrons. The lowest BCUT2D eigenvalue weighted by molar-refractivity contribution is 0.414. The van der Waals surface area contributed by atoms with Crippen LogP contribution in [0.1, 0.15) is 11.1 Å². The molecule has 0 aromatic heterocycles. The molecule has 6 heteroatoms. The van der Waals surface area contributed by atoms with Gasteiger partial charge in [-0.05, 0) is 59.7 Å². The first kappa shape index (κ1) is 15.8. The third-order valence-electron chi connectivity index (χ3n) is 2.88. The Hall–Kier alpha value is -2.60. The van der Waals surface area contributed by atoms with Crippen molar-refractivity contribution in [2.45, 2.75) is 6.54 Å². The number of aromatic hydroxyl groups is 1. The maximum atomic E-state index is 9.18. The lowest BCUT2D eigenvalue weighted by atomic mass is 10.2. The molecule has 0 spiro atoms. The van der Waals surface area contributed by atoms with E-state index in [0.29, 0.717) is 11.7 Å². The largest absolute Gasteiger partial charge is 0.508 e. The van der Waals surface area contributed by atoms with Gasteiger partial charge in [-0.3, -0.25) is 5.43 Å². The molecular formula is C16H17N3O2S. The van der Waals surface area contributed by atoms with Crippen LogP contribution in [0.15, 0.2) is 53.6 Å². The topological polar surface area (TPSA) is 65.9 Å². The van der Waals surface area contributed by atoms with Gasteiger partial charge in [0.25, 0.3) is 0 Å². The number of benzene rings is 2. The Morgan fingerprint density at radius 2 is 1.86 bits per heavy atom. The predicted octanol–water partition coefficient (Wildman–Crippen LogP) is 2.40. The number of hydrogen-bond acceptors (Lipinski definition) is 4. The van der Waals surface area contributed by atoms with Crippen molar-refractivity contribution < 1.29 is 9.84 Å². The van der Waals surface area contributed by atoms with E-state index in [2.05, 4.69) is 15.8 Å². The molecule has 0 fully saturated rings. The number of ether oxygens (including phenoxy) is 1. The van der Waals surface area contributed by atoms with Crippen LogP contribution in [-0.4, -0.2) is 23.5 Å². The Morgan fingerprint density at radius 3 is 2.50 bits per heavy atom. The highest BCUT2D eigenvalue weighted by Crippen LogP contribution is 2.10. The minimum absolute atomic E-state index is 0.224. The van der Waals surface area contributed by atoms with Crippen LogP contribution in [0.25, 0.3) is 0 Å². The summed E-state index contributed by atoms with van der Waals surface area (Å²) in [4.78, 5) is 0. The normalized spacial score (nSPS) is 10.4. The van der Waals surface area contributed by atoms with Crippen molar-refractivity contribution in [2.24, 2.45) is 5.10 Å². The summed E-state index contributed by atoms with van der Waals surface area (Å²) in [5, 5.41) is 16.7. The number of nitrogens with zero attached hydrogens (tertiary/aromatic N) is 1. The summed E-state index contributed by atoms with van der Waals surface area (Å²) in [6.07, 6.45) is 1.63. The average Bonchev–Trinajstić information content (AvgIpc) is 2.55. The smallest absolute Gasteiger partial charge is 0.187 e. The summed E-state index contributed by atoms with van der Waals surface area (Å²) in [5.74, 6) is 1.05. The van der Waals surface area contributed by atoms with E-state index >= 15 is 0 Å². The molecule has 0 aliphatic heterocycles. The molecule has 5 nitrogen and oxygen atoms in total. The molecule has 0 aliphatic carbocycles. The first-order valence-electron chi connectivity index (χ1n) is 6.66. The fourth-order valence-corrected chi connectivity index (χ4v) is 1.82. The maximum Gasteiger partial charge on any atom is 0.187 e. The minimum atomic E-state index is 0.224. The number of methoxy groups -OCH3 is 1. The van der Waals surface area contributed by atoms with Crippen molar-refractivity contribution in [1.29, 1.82) is 0 Å². The molecule has 0 unspecified atom stereocenters. The van der Waals surface area contributed by atoms with Crippen molar-refractivity contribution >= 4 is 23.5 Å². The number of rotatable bonds is 5. The number of phenols is 1. The van der Waals surface area contributed by atoms with Crippen LogP contribution in [0.4, 0.5) is 0 Å². The Labute approximate surface area is 134 Å². The van der Waals surface area contributed by atoms with Crippen molar-refractivity contribution in [3.63, 3.8) is 0 Å². The van der Waals surface area contributed by atoms with Gasteiger partial charge in [-0.15, -0.1) is 0 Å². The monoisotopic (exact) mass is 315 g/mol. The first-order valence-corrected chi connectivity index (χ1v) is 7.07. The van der Waals surface area contributed by atoms with Gasteiger partial charge >= 0.3 is 0 Å². The SMILES string of the molecule is COc1ccc(CNC(=S)N/N=C\c2ccc(O)cc2)cc1.